The van der Waals surface area contributed by atoms with Gasteiger partial charge in [-0.25, -0.2) is 0 Å². The van der Waals surface area contributed by atoms with Crippen molar-refractivity contribution in [3.63, 3.8) is 0 Å². The molecule has 3 nitrogen and oxygen atoms in total. The maximum Gasteiger partial charge on any atom is 0.292 e. The number of methoxy groups -OCH3 is 1. The molecule has 2 rings (SSSR count). The number of halogens is 1. The number of fused-ring (bicyclic) bond motifs is 1. The summed E-state index contributed by atoms with van der Waals surface area (Å²) in [5.41, 5.74) is 1.96. The van der Waals surface area contributed by atoms with E-state index in [9.17, 15) is 4.79 Å². The van der Waals surface area contributed by atoms with Crippen LogP contribution in [0.25, 0.3) is 0 Å². The van der Waals surface area contributed by atoms with Crippen LogP contribution in [0.3, 0.4) is 0 Å². The molecule has 0 radical (unpaired) electrons. The van der Waals surface area contributed by atoms with Crippen LogP contribution < -0.4 is 0 Å². The van der Waals surface area contributed by atoms with Crippen LogP contribution in [0.4, 0.5) is 0 Å². The smallest absolute Gasteiger partial charge is 0.292 e. The first kappa shape index (κ1) is 11.7. The van der Waals surface area contributed by atoms with Crippen LogP contribution in [0.1, 0.15) is 22.3 Å². The van der Waals surface area contributed by atoms with Gasteiger partial charge in [-0.05, 0) is 30.2 Å². The molecule has 0 aromatic heterocycles. The van der Waals surface area contributed by atoms with Gasteiger partial charge in [-0.2, -0.15) is 0 Å². The predicted molar refractivity (Wildman–Crippen MR) is 57.2 cm³/mol. The lowest BCUT2D eigenvalue weighted by molar-refractivity contribution is -0.126. The van der Waals surface area contributed by atoms with E-state index in [-0.39, 0.29) is 5.78 Å². The average Bonchev–Trinajstić information content (AvgIpc) is 2.60. The number of hydrogen-bond donors (Lipinski definition) is 0. The Kier molecular flexibility index (Phi) is 4.31. The second-order valence-electron chi connectivity index (χ2n) is 3.06. The summed E-state index contributed by atoms with van der Waals surface area (Å²) in [7, 11) is 1.31. The van der Waals surface area contributed by atoms with Crippen molar-refractivity contribution in [1.29, 1.82) is 0 Å². The minimum absolute atomic E-state index is 0.247. The summed E-state index contributed by atoms with van der Waals surface area (Å²) in [6, 6.07) is 5.46. The highest BCUT2D eigenvalue weighted by atomic mass is 35.5. The normalized spacial score (nSPS) is 12.5. The van der Waals surface area contributed by atoms with Crippen LogP contribution in [0, 0.1) is 0 Å². The fraction of sp³-hybridized carbons (Fsp3) is 0.273. The van der Waals surface area contributed by atoms with Crippen molar-refractivity contribution in [2.75, 3.05) is 7.11 Å². The summed E-state index contributed by atoms with van der Waals surface area (Å²) in [5, 5.41) is 0.721. The van der Waals surface area contributed by atoms with Gasteiger partial charge in [-0.1, -0.05) is 11.6 Å². The Morgan fingerprint density at radius 3 is 2.67 bits per heavy atom. The SMILES string of the molecule is COC=O.O=C1CCc2cc(Cl)ccc21. The lowest BCUT2D eigenvalue weighted by Crippen LogP contribution is -1.89. The first-order chi connectivity index (χ1) is 7.19. The number of benzene rings is 1. The first-order valence-corrected chi connectivity index (χ1v) is 4.85. The van der Waals surface area contributed by atoms with E-state index in [4.69, 9.17) is 16.4 Å². The Balaban J connectivity index is 0.000000245. The molecule has 0 aliphatic heterocycles. The largest absolute Gasteiger partial charge is 0.471 e. The van der Waals surface area contributed by atoms with Crippen molar-refractivity contribution in [2.24, 2.45) is 0 Å². The second-order valence-corrected chi connectivity index (χ2v) is 3.49. The summed E-state index contributed by atoms with van der Waals surface area (Å²) < 4.78 is 3.86. The van der Waals surface area contributed by atoms with E-state index in [0.29, 0.717) is 12.9 Å². The average molecular weight is 227 g/mol. The minimum atomic E-state index is 0.247. The zero-order chi connectivity index (χ0) is 11.3. The number of ketones is 1. The maximum atomic E-state index is 11.1. The van der Waals surface area contributed by atoms with Gasteiger partial charge in [0.15, 0.2) is 5.78 Å². The molecule has 0 bridgehead atoms. The van der Waals surface area contributed by atoms with Crippen molar-refractivity contribution >= 4 is 23.9 Å². The van der Waals surface area contributed by atoms with E-state index in [1.165, 1.54) is 7.11 Å². The van der Waals surface area contributed by atoms with Crippen LogP contribution >= 0.6 is 11.6 Å². The van der Waals surface area contributed by atoms with Crippen LogP contribution in [0.5, 0.6) is 0 Å². The van der Waals surface area contributed by atoms with Crippen LogP contribution in [0.2, 0.25) is 5.02 Å². The highest BCUT2D eigenvalue weighted by Gasteiger charge is 2.18. The fourth-order valence-electron chi connectivity index (χ4n) is 1.42. The van der Waals surface area contributed by atoms with Crippen molar-refractivity contribution in [3.8, 4) is 0 Å². The topological polar surface area (TPSA) is 43.4 Å². The molecule has 0 spiro atoms. The van der Waals surface area contributed by atoms with Gasteiger partial charge in [-0.3, -0.25) is 9.59 Å². The highest BCUT2D eigenvalue weighted by molar-refractivity contribution is 6.30. The quantitative estimate of drug-likeness (QED) is 0.690. The highest BCUT2D eigenvalue weighted by Crippen LogP contribution is 2.24. The van der Waals surface area contributed by atoms with E-state index in [2.05, 4.69) is 4.74 Å². The Morgan fingerprint density at radius 2 is 2.07 bits per heavy atom. The van der Waals surface area contributed by atoms with Gasteiger partial charge in [0.2, 0.25) is 0 Å². The number of ether oxygens (including phenoxy) is 1. The van der Waals surface area contributed by atoms with Gasteiger partial charge in [0, 0.05) is 17.0 Å². The molecule has 0 heterocycles. The number of hydrogen-bond acceptors (Lipinski definition) is 3. The Morgan fingerprint density at radius 1 is 1.40 bits per heavy atom. The molecule has 0 unspecified atom stereocenters. The van der Waals surface area contributed by atoms with Crippen LogP contribution in [-0.4, -0.2) is 19.4 Å². The summed E-state index contributed by atoms with van der Waals surface area (Å²) in [6.45, 7) is 0.375. The Hall–Kier alpha value is -1.35. The number of rotatable bonds is 1. The molecular formula is C11H11ClO3. The summed E-state index contributed by atoms with van der Waals surface area (Å²) in [4.78, 5) is 20.1. The maximum absolute atomic E-state index is 11.1. The van der Waals surface area contributed by atoms with Crippen LogP contribution in [-0.2, 0) is 16.0 Å². The molecule has 1 aromatic carbocycles. The Labute approximate surface area is 93.0 Å². The lowest BCUT2D eigenvalue weighted by atomic mass is 10.1. The van der Waals surface area contributed by atoms with Crippen molar-refractivity contribution in [2.45, 2.75) is 12.8 Å². The zero-order valence-electron chi connectivity index (χ0n) is 8.33. The van der Waals surface area contributed by atoms with E-state index < -0.39 is 0 Å². The standard InChI is InChI=1S/C9H7ClO.C2H4O2/c10-7-2-3-8-6(5-7)1-4-9(8)11;1-4-2-3/h2-3,5H,1,4H2;2H,1H3. The van der Waals surface area contributed by atoms with E-state index >= 15 is 0 Å². The second kappa shape index (κ2) is 5.51. The van der Waals surface area contributed by atoms with Gasteiger partial charge in [0.1, 0.15) is 0 Å². The first-order valence-electron chi connectivity index (χ1n) is 4.47. The molecule has 80 valence electrons. The molecule has 0 atom stereocenters. The molecule has 0 amide bonds. The van der Waals surface area contributed by atoms with Crippen molar-refractivity contribution < 1.29 is 14.3 Å². The molecule has 1 aromatic rings. The number of carbonyl (C=O) groups is 2. The third-order valence-electron chi connectivity index (χ3n) is 2.09. The molecular weight excluding hydrogens is 216 g/mol. The monoisotopic (exact) mass is 226 g/mol. The molecule has 1 aliphatic carbocycles. The van der Waals surface area contributed by atoms with E-state index in [1.54, 1.807) is 6.07 Å². The van der Waals surface area contributed by atoms with Gasteiger partial charge in [0.25, 0.3) is 6.47 Å². The van der Waals surface area contributed by atoms with Gasteiger partial charge in [0.05, 0.1) is 7.11 Å². The zero-order valence-corrected chi connectivity index (χ0v) is 9.08. The molecule has 4 heteroatoms. The van der Waals surface area contributed by atoms with E-state index in [1.807, 2.05) is 12.1 Å². The van der Waals surface area contributed by atoms with Gasteiger partial charge in [-0.15, -0.1) is 0 Å². The van der Waals surface area contributed by atoms with Crippen molar-refractivity contribution in [1.82, 2.24) is 0 Å². The fourth-order valence-corrected chi connectivity index (χ4v) is 1.62. The summed E-state index contributed by atoms with van der Waals surface area (Å²) in [6.07, 6.45) is 1.50. The summed E-state index contributed by atoms with van der Waals surface area (Å²) in [5.74, 6) is 0.247. The van der Waals surface area contributed by atoms with Gasteiger partial charge >= 0.3 is 0 Å². The molecule has 15 heavy (non-hydrogen) atoms. The van der Waals surface area contributed by atoms with Gasteiger partial charge < -0.3 is 4.74 Å². The Bertz CT molecular complexity index is 374. The third-order valence-corrected chi connectivity index (χ3v) is 2.32. The molecule has 0 saturated heterocycles. The number of carbonyl (C=O) groups excluding carboxylic acids is 2. The van der Waals surface area contributed by atoms with Crippen molar-refractivity contribution in [3.05, 3.63) is 34.3 Å². The summed E-state index contributed by atoms with van der Waals surface area (Å²) >= 11 is 5.76. The molecule has 0 saturated carbocycles. The lowest BCUT2D eigenvalue weighted by Gasteiger charge is -1.95. The minimum Gasteiger partial charge on any atom is -0.471 e. The molecule has 0 fully saturated rings. The number of aryl methyl sites for hydroxylation is 1. The van der Waals surface area contributed by atoms with E-state index in [0.717, 1.165) is 22.6 Å². The molecule has 1 aliphatic rings. The third kappa shape index (κ3) is 3.06. The number of Topliss-reactive ketones (excluding diaryl/α,β-unsaturated/α-hetero) is 1. The molecule has 0 N–H and O–H groups in total. The predicted octanol–water partition coefficient (Wildman–Crippen LogP) is 2.26. The van der Waals surface area contributed by atoms with Crippen LogP contribution in [0.15, 0.2) is 18.2 Å².